The number of benzene rings is 1. The number of hydrogen-bond acceptors (Lipinski definition) is 3. The fourth-order valence-electron chi connectivity index (χ4n) is 2.27. The molecule has 0 aliphatic carbocycles. The first-order valence-electron chi connectivity index (χ1n) is 6.05. The highest BCUT2D eigenvalue weighted by Crippen LogP contribution is 2.28. The Labute approximate surface area is 107 Å². The van der Waals surface area contributed by atoms with Gasteiger partial charge in [0.2, 0.25) is 0 Å². The summed E-state index contributed by atoms with van der Waals surface area (Å²) in [4.78, 5) is 14.3. The maximum Gasteiger partial charge on any atom is 0.256 e. The van der Waals surface area contributed by atoms with Crippen LogP contribution in [0.15, 0.2) is 24.3 Å². The number of rotatable bonds is 2. The van der Waals surface area contributed by atoms with E-state index in [1.807, 2.05) is 20.8 Å². The minimum absolute atomic E-state index is 0.00680. The molecular weight excluding hydrogens is 230 g/mol. The number of ether oxygens (including phenoxy) is 2. The Hall–Kier alpha value is -1.55. The topological polar surface area (TPSA) is 38.8 Å². The highest BCUT2D eigenvalue weighted by molar-refractivity contribution is 5.95. The molecule has 98 valence electrons. The fourth-order valence-corrected chi connectivity index (χ4v) is 2.27. The lowest BCUT2D eigenvalue weighted by molar-refractivity contribution is 0.0307. The smallest absolute Gasteiger partial charge is 0.256 e. The number of nitrogens with zero attached hydrogens (tertiary/aromatic N) is 1. The molecule has 1 heterocycles. The molecule has 1 unspecified atom stereocenters. The van der Waals surface area contributed by atoms with Gasteiger partial charge in [0.1, 0.15) is 12.0 Å². The molecule has 0 aromatic heterocycles. The van der Waals surface area contributed by atoms with Gasteiger partial charge in [0.05, 0.1) is 19.3 Å². The summed E-state index contributed by atoms with van der Waals surface area (Å²) >= 11 is 0. The third kappa shape index (κ3) is 2.20. The van der Waals surface area contributed by atoms with E-state index in [4.69, 9.17) is 9.47 Å². The normalized spacial score (nSPS) is 22.0. The lowest BCUT2D eigenvalue weighted by atomic mass is 10.0. The molecule has 18 heavy (non-hydrogen) atoms. The van der Waals surface area contributed by atoms with Gasteiger partial charge < -0.3 is 14.4 Å². The SMILES string of the molecule is COc1ccc(C(=O)N2C(C)OCC2(C)C)cc1. The number of carbonyl (C=O) groups is 1. The highest BCUT2D eigenvalue weighted by atomic mass is 16.5. The summed E-state index contributed by atoms with van der Waals surface area (Å²) in [5.41, 5.74) is 0.386. The molecule has 1 saturated heterocycles. The summed E-state index contributed by atoms with van der Waals surface area (Å²) in [6.07, 6.45) is -0.186. The van der Waals surface area contributed by atoms with E-state index in [1.54, 1.807) is 36.3 Å². The molecule has 0 bridgehead atoms. The molecule has 2 rings (SSSR count). The van der Waals surface area contributed by atoms with Gasteiger partial charge in [-0.1, -0.05) is 0 Å². The van der Waals surface area contributed by atoms with Crippen LogP contribution in [0.3, 0.4) is 0 Å². The number of carbonyl (C=O) groups excluding carboxylic acids is 1. The molecule has 1 aromatic rings. The molecule has 0 spiro atoms. The van der Waals surface area contributed by atoms with Gasteiger partial charge in [-0.25, -0.2) is 0 Å². The van der Waals surface area contributed by atoms with Crippen molar-refractivity contribution in [2.75, 3.05) is 13.7 Å². The summed E-state index contributed by atoms with van der Waals surface area (Å²) in [5, 5.41) is 0. The van der Waals surface area contributed by atoms with Gasteiger partial charge in [-0.3, -0.25) is 4.79 Å². The second-order valence-corrected chi connectivity index (χ2v) is 5.13. The van der Waals surface area contributed by atoms with Crippen LogP contribution in [-0.2, 0) is 4.74 Å². The maximum absolute atomic E-state index is 12.5. The zero-order chi connectivity index (χ0) is 13.3. The molecular formula is C14H19NO3. The van der Waals surface area contributed by atoms with E-state index in [2.05, 4.69) is 0 Å². The Bertz CT molecular complexity index is 439. The van der Waals surface area contributed by atoms with Crippen LogP contribution in [0.1, 0.15) is 31.1 Å². The van der Waals surface area contributed by atoms with Gasteiger partial charge in [0.25, 0.3) is 5.91 Å². The van der Waals surface area contributed by atoms with Crippen molar-refractivity contribution in [1.29, 1.82) is 0 Å². The van der Waals surface area contributed by atoms with Gasteiger partial charge in [-0.2, -0.15) is 0 Å². The predicted molar refractivity (Wildman–Crippen MR) is 68.7 cm³/mol. The van der Waals surface area contributed by atoms with Gasteiger partial charge in [0, 0.05) is 5.56 Å². The average molecular weight is 249 g/mol. The van der Waals surface area contributed by atoms with Crippen molar-refractivity contribution in [3.05, 3.63) is 29.8 Å². The van der Waals surface area contributed by atoms with Gasteiger partial charge in [-0.15, -0.1) is 0 Å². The minimum atomic E-state index is -0.267. The van der Waals surface area contributed by atoms with Gasteiger partial charge in [0.15, 0.2) is 0 Å². The fraction of sp³-hybridized carbons (Fsp3) is 0.500. The monoisotopic (exact) mass is 249 g/mol. The molecule has 4 heteroatoms. The second-order valence-electron chi connectivity index (χ2n) is 5.13. The molecule has 0 N–H and O–H groups in total. The van der Waals surface area contributed by atoms with E-state index in [9.17, 15) is 4.79 Å². The first kappa shape index (κ1) is 12.9. The molecule has 1 aliphatic rings. The van der Waals surface area contributed by atoms with Gasteiger partial charge in [-0.05, 0) is 45.0 Å². The van der Waals surface area contributed by atoms with E-state index in [0.29, 0.717) is 12.2 Å². The molecule has 0 saturated carbocycles. The van der Waals surface area contributed by atoms with E-state index in [-0.39, 0.29) is 17.7 Å². The lowest BCUT2D eigenvalue weighted by Gasteiger charge is -2.32. The Balaban J connectivity index is 2.24. The Kier molecular flexibility index (Phi) is 3.30. The Morgan fingerprint density at radius 2 is 2.00 bits per heavy atom. The molecule has 0 radical (unpaired) electrons. The first-order chi connectivity index (χ1) is 8.45. The van der Waals surface area contributed by atoms with Crippen molar-refractivity contribution in [2.45, 2.75) is 32.5 Å². The predicted octanol–water partition coefficient (Wildman–Crippen LogP) is 2.29. The molecule has 1 fully saturated rings. The van der Waals surface area contributed by atoms with Crippen LogP contribution in [-0.4, -0.2) is 36.3 Å². The summed E-state index contributed by atoms with van der Waals surface area (Å²) in [5.74, 6) is 0.740. The summed E-state index contributed by atoms with van der Waals surface area (Å²) in [6.45, 7) is 6.49. The maximum atomic E-state index is 12.5. The molecule has 1 amide bonds. The molecule has 1 aliphatic heterocycles. The molecule has 1 aromatic carbocycles. The van der Waals surface area contributed by atoms with Crippen molar-refractivity contribution >= 4 is 5.91 Å². The van der Waals surface area contributed by atoms with Crippen LogP contribution in [0.4, 0.5) is 0 Å². The van der Waals surface area contributed by atoms with Crippen LogP contribution < -0.4 is 4.74 Å². The third-order valence-electron chi connectivity index (χ3n) is 3.25. The van der Waals surface area contributed by atoms with Crippen molar-refractivity contribution in [3.8, 4) is 5.75 Å². The quantitative estimate of drug-likeness (QED) is 0.807. The Morgan fingerprint density at radius 3 is 2.44 bits per heavy atom. The van der Waals surface area contributed by atoms with Crippen molar-refractivity contribution in [3.63, 3.8) is 0 Å². The highest BCUT2D eigenvalue weighted by Gasteiger charge is 2.41. The first-order valence-corrected chi connectivity index (χ1v) is 6.05. The largest absolute Gasteiger partial charge is 0.497 e. The zero-order valence-electron chi connectivity index (χ0n) is 11.3. The summed E-state index contributed by atoms with van der Waals surface area (Å²) in [6, 6.07) is 7.15. The average Bonchev–Trinajstić information content (AvgIpc) is 2.63. The lowest BCUT2D eigenvalue weighted by Crippen LogP contribution is -2.47. The molecule has 1 atom stereocenters. The minimum Gasteiger partial charge on any atom is -0.497 e. The Morgan fingerprint density at radius 1 is 1.39 bits per heavy atom. The van der Waals surface area contributed by atoms with Crippen LogP contribution >= 0.6 is 0 Å². The van der Waals surface area contributed by atoms with Crippen molar-refractivity contribution in [1.82, 2.24) is 4.90 Å². The number of methoxy groups -OCH3 is 1. The summed E-state index contributed by atoms with van der Waals surface area (Å²) in [7, 11) is 1.61. The van der Waals surface area contributed by atoms with Gasteiger partial charge >= 0.3 is 0 Å². The molecule has 4 nitrogen and oxygen atoms in total. The van der Waals surface area contributed by atoms with Crippen molar-refractivity contribution < 1.29 is 14.3 Å². The number of amides is 1. The van der Waals surface area contributed by atoms with Crippen LogP contribution in [0.2, 0.25) is 0 Å². The van der Waals surface area contributed by atoms with E-state index in [1.165, 1.54) is 0 Å². The third-order valence-corrected chi connectivity index (χ3v) is 3.25. The van der Waals surface area contributed by atoms with Crippen molar-refractivity contribution in [2.24, 2.45) is 0 Å². The standard InChI is InChI=1S/C14H19NO3/c1-10-15(14(2,3)9-18-10)13(16)11-5-7-12(17-4)8-6-11/h5-8,10H,9H2,1-4H3. The second kappa shape index (κ2) is 4.61. The zero-order valence-corrected chi connectivity index (χ0v) is 11.3. The van der Waals surface area contributed by atoms with E-state index >= 15 is 0 Å². The van der Waals surface area contributed by atoms with Crippen LogP contribution in [0, 0.1) is 0 Å². The van der Waals surface area contributed by atoms with Crippen LogP contribution in [0.25, 0.3) is 0 Å². The number of hydrogen-bond donors (Lipinski definition) is 0. The van der Waals surface area contributed by atoms with E-state index in [0.717, 1.165) is 5.75 Å². The van der Waals surface area contributed by atoms with Crippen LogP contribution in [0.5, 0.6) is 5.75 Å². The summed E-state index contributed by atoms with van der Waals surface area (Å²) < 4.78 is 10.6. The van der Waals surface area contributed by atoms with E-state index < -0.39 is 0 Å².